The normalized spacial score (nSPS) is 10.3. The van der Waals surface area contributed by atoms with Gasteiger partial charge in [0.25, 0.3) is 0 Å². The van der Waals surface area contributed by atoms with Crippen molar-refractivity contribution in [2.24, 2.45) is 0 Å². The van der Waals surface area contributed by atoms with Gasteiger partial charge in [-0.3, -0.25) is 0 Å². The van der Waals surface area contributed by atoms with Gasteiger partial charge in [0.2, 0.25) is 0 Å². The Labute approximate surface area is 67.3 Å². The van der Waals surface area contributed by atoms with E-state index in [4.69, 9.17) is 4.74 Å². The van der Waals surface area contributed by atoms with Crippen LogP contribution in [-0.2, 0) is 0 Å². The van der Waals surface area contributed by atoms with E-state index in [2.05, 4.69) is 6.07 Å². The summed E-state index contributed by atoms with van der Waals surface area (Å²) in [5.74, 6) is 0.866. The summed E-state index contributed by atoms with van der Waals surface area (Å²) in [5.41, 5.74) is 0. The lowest BCUT2D eigenvalue weighted by molar-refractivity contribution is 0.362. The number of allylic oxidation sites excluding steroid dienone is 1. The lowest BCUT2D eigenvalue weighted by atomic mass is 10.3. The molecule has 0 aliphatic heterocycles. The molecule has 0 heterocycles. The zero-order chi connectivity index (χ0) is 7.94. The van der Waals surface area contributed by atoms with E-state index in [0.717, 1.165) is 5.75 Å². The van der Waals surface area contributed by atoms with Gasteiger partial charge >= 0.3 is 0 Å². The van der Waals surface area contributed by atoms with Gasteiger partial charge in [-0.15, -0.1) is 0 Å². The van der Waals surface area contributed by atoms with Crippen LogP contribution in [0.25, 0.3) is 0 Å². The zero-order valence-electron chi connectivity index (χ0n) is 6.58. The highest BCUT2D eigenvalue weighted by Crippen LogP contribution is 2.06. The molecule has 0 bridgehead atoms. The summed E-state index contributed by atoms with van der Waals surface area (Å²) in [6, 6.07) is 10.4. The van der Waals surface area contributed by atoms with Gasteiger partial charge in [0.05, 0.1) is 0 Å². The van der Waals surface area contributed by atoms with Crippen molar-refractivity contribution < 1.29 is 4.74 Å². The molecule has 0 amide bonds. The Morgan fingerprint density at radius 1 is 1.64 bits per heavy atom. The maximum Gasteiger partial charge on any atom is 0.120 e. The van der Waals surface area contributed by atoms with Crippen LogP contribution in [0.4, 0.5) is 0 Å². The molecular weight excluding hydrogens is 136 g/mol. The third kappa shape index (κ3) is 2.89. The van der Waals surface area contributed by atoms with Crippen molar-refractivity contribution >= 4 is 0 Å². The van der Waals surface area contributed by atoms with Gasteiger partial charge < -0.3 is 4.74 Å². The molecule has 0 aliphatic carbocycles. The second kappa shape index (κ2) is 4.56. The van der Waals surface area contributed by atoms with Crippen LogP contribution >= 0.6 is 0 Å². The lowest BCUT2D eigenvalue weighted by Gasteiger charge is -2.00. The highest BCUT2D eigenvalue weighted by molar-refractivity contribution is 5.20. The van der Waals surface area contributed by atoms with Gasteiger partial charge in [0.15, 0.2) is 0 Å². The van der Waals surface area contributed by atoms with Crippen LogP contribution in [0, 0.1) is 6.07 Å². The minimum Gasteiger partial charge on any atom is -0.490 e. The SMILES string of the molecule is C/C=C/COc1c[c]ccc1. The Bertz CT molecular complexity index is 214. The molecule has 0 unspecified atom stereocenters. The smallest absolute Gasteiger partial charge is 0.120 e. The molecule has 0 aromatic heterocycles. The Hall–Kier alpha value is -1.24. The van der Waals surface area contributed by atoms with Crippen LogP contribution in [0.2, 0.25) is 0 Å². The monoisotopic (exact) mass is 147 g/mol. The second-order valence-corrected chi connectivity index (χ2v) is 2.12. The molecule has 1 radical (unpaired) electrons. The van der Waals surface area contributed by atoms with Crippen LogP contribution < -0.4 is 4.74 Å². The van der Waals surface area contributed by atoms with Crippen LogP contribution in [0.1, 0.15) is 6.92 Å². The van der Waals surface area contributed by atoms with Gasteiger partial charge in [-0.25, -0.2) is 0 Å². The average molecular weight is 147 g/mol. The molecule has 1 rings (SSSR count). The molecule has 0 fully saturated rings. The van der Waals surface area contributed by atoms with E-state index >= 15 is 0 Å². The highest BCUT2D eigenvalue weighted by atomic mass is 16.5. The van der Waals surface area contributed by atoms with Crippen molar-refractivity contribution in [1.82, 2.24) is 0 Å². The number of benzene rings is 1. The summed E-state index contributed by atoms with van der Waals surface area (Å²) in [4.78, 5) is 0. The van der Waals surface area contributed by atoms with Crippen molar-refractivity contribution in [1.29, 1.82) is 0 Å². The van der Waals surface area contributed by atoms with Crippen molar-refractivity contribution in [3.63, 3.8) is 0 Å². The number of hydrogen-bond donors (Lipinski definition) is 0. The van der Waals surface area contributed by atoms with Crippen LogP contribution in [0.3, 0.4) is 0 Å². The first-order valence-electron chi connectivity index (χ1n) is 3.63. The van der Waals surface area contributed by atoms with Crippen molar-refractivity contribution in [2.45, 2.75) is 6.92 Å². The van der Waals surface area contributed by atoms with Crippen molar-refractivity contribution in [2.75, 3.05) is 6.61 Å². The molecule has 0 atom stereocenters. The molecule has 1 nitrogen and oxygen atoms in total. The summed E-state index contributed by atoms with van der Waals surface area (Å²) >= 11 is 0. The number of rotatable bonds is 3. The first kappa shape index (κ1) is 7.86. The summed E-state index contributed by atoms with van der Waals surface area (Å²) in [5, 5.41) is 0. The van der Waals surface area contributed by atoms with Gasteiger partial charge in [0.1, 0.15) is 12.4 Å². The van der Waals surface area contributed by atoms with Gasteiger partial charge in [-0.1, -0.05) is 24.3 Å². The van der Waals surface area contributed by atoms with E-state index in [1.165, 1.54) is 0 Å². The minimum absolute atomic E-state index is 0.633. The molecule has 11 heavy (non-hydrogen) atoms. The molecule has 1 heteroatoms. The van der Waals surface area contributed by atoms with Gasteiger partial charge in [-0.05, 0) is 25.1 Å². The number of ether oxygens (including phenoxy) is 1. The van der Waals surface area contributed by atoms with E-state index in [0.29, 0.717) is 6.61 Å². The summed E-state index contributed by atoms with van der Waals surface area (Å²) in [6.45, 7) is 2.61. The predicted molar refractivity (Wildman–Crippen MR) is 45.6 cm³/mol. The Balaban J connectivity index is 2.39. The van der Waals surface area contributed by atoms with E-state index in [1.807, 2.05) is 43.3 Å². The molecule has 0 N–H and O–H groups in total. The molecule has 1 aromatic rings. The largest absolute Gasteiger partial charge is 0.490 e. The average Bonchev–Trinajstić information content (AvgIpc) is 2.07. The molecule has 0 spiro atoms. The summed E-state index contributed by atoms with van der Waals surface area (Å²) < 4.78 is 5.33. The Morgan fingerprint density at radius 3 is 3.18 bits per heavy atom. The second-order valence-electron chi connectivity index (χ2n) is 2.12. The van der Waals surface area contributed by atoms with Gasteiger partial charge in [0, 0.05) is 0 Å². The lowest BCUT2D eigenvalue weighted by Crippen LogP contribution is -1.91. The fourth-order valence-corrected chi connectivity index (χ4v) is 0.707. The van der Waals surface area contributed by atoms with Crippen LogP contribution in [0.5, 0.6) is 5.75 Å². The molecule has 0 saturated heterocycles. The van der Waals surface area contributed by atoms with Crippen LogP contribution in [-0.4, -0.2) is 6.61 Å². The summed E-state index contributed by atoms with van der Waals surface area (Å²) in [7, 11) is 0. The predicted octanol–water partition coefficient (Wildman–Crippen LogP) is 2.44. The third-order valence-corrected chi connectivity index (χ3v) is 1.26. The molecule has 0 aliphatic rings. The standard InChI is InChI=1S/C10H11O/c1-2-3-9-11-10-7-5-4-6-8-10/h2-5,7-8H,9H2,1H3/b3-2+. The summed E-state index contributed by atoms with van der Waals surface area (Å²) in [6.07, 6.45) is 3.93. The van der Waals surface area contributed by atoms with E-state index in [9.17, 15) is 0 Å². The molecule has 57 valence electrons. The Morgan fingerprint density at radius 2 is 2.55 bits per heavy atom. The maximum atomic E-state index is 5.33. The van der Waals surface area contributed by atoms with E-state index in [-0.39, 0.29) is 0 Å². The first-order chi connectivity index (χ1) is 5.43. The third-order valence-electron chi connectivity index (χ3n) is 1.26. The fraction of sp³-hybridized carbons (Fsp3) is 0.200. The van der Waals surface area contributed by atoms with E-state index < -0.39 is 0 Å². The fourth-order valence-electron chi connectivity index (χ4n) is 0.707. The number of hydrogen-bond acceptors (Lipinski definition) is 1. The maximum absolute atomic E-state index is 5.33. The topological polar surface area (TPSA) is 9.23 Å². The first-order valence-corrected chi connectivity index (χ1v) is 3.63. The van der Waals surface area contributed by atoms with Gasteiger partial charge in [-0.2, -0.15) is 0 Å². The highest BCUT2D eigenvalue weighted by Gasteiger charge is 1.85. The molecular formula is C10H11O. The van der Waals surface area contributed by atoms with Crippen LogP contribution in [0.15, 0.2) is 36.4 Å². The molecule has 1 aromatic carbocycles. The van der Waals surface area contributed by atoms with Crippen molar-refractivity contribution in [3.8, 4) is 5.75 Å². The molecule has 0 saturated carbocycles. The Kier molecular flexibility index (Phi) is 3.26. The van der Waals surface area contributed by atoms with Crippen molar-refractivity contribution in [3.05, 3.63) is 42.5 Å². The van der Waals surface area contributed by atoms with E-state index in [1.54, 1.807) is 0 Å². The minimum atomic E-state index is 0.633. The zero-order valence-corrected chi connectivity index (χ0v) is 6.58. The quantitative estimate of drug-likeness (QED) is 0.597.